The lowest BCUT2D eigenvalue weighted by atomic mass is 10.1. The summed E-state index contributed by atoms with van der Waals surface area (Å²) in [6.45, 7) is 1.63. The fourth-order valence-corrected chi connectivity index (χ4v) is 3.88. The van der Waals surface area contributed by atoms with E-state index in [0.717, 1.165) is 34.6 Å². The summed E-state index contributed by atoms with van der Waals surface area (Å²) in [7, 11) is 0.990. The highest BCUT2D eigenvalue weighted by Crippen LogP contribution is 2.34. The number of anilines is 1. The lowest BCUT2D eigenvalue weighted by Crippen LogP contribution is -2.26. The minimum atomic E-state index is -0.622. The number of aromatic nitrogens is 2. The second kappa shape index (κ2) is 7.11. The third kappa shape index (κ3) is 3.21. The molecule has 5 nitrogen and oxygen atoms in total. The van der Waals surface area contributed by atoms with Crippen LogP contribution in [0.1, 0.15) is 11.1 Å². The number of benzene rings is 1. The molecule has 0 saturated heterocycles. The number of fused-ring (bicyclic) bond motifs is 3. The number of hydrogen-bond acceptors (Lipinski definition) is 5. The van der Waals surface area contributed by atoms with Gasteiger partial charge < -0.3 is 9.64 Å². The Morgan fingerprint density at radius 1 is 1.23 bits per heavy atom. The van der Waals surface area contributed by atoms with E-state index in [1.165, 1.54) is 5.56 Å². The predicted molar refractivity (Wildman–Crippen MR) is 110 cm³/mol. The van der Waals surface area contributed by atoms with E-state index >= 15 is 0 Å². The van der Waals surface area contributed by atoms with E-state index in [0.29, 0.717) is 11.5 Å². The Hall–Kier alpha value is -2.35. The maximum absolute atomic E-state index is 5.80. The maximum Gasteiger partial charge on any atom is 0.215 e. The lowest BCUT2D eigenvalue weighted by Gasteiger charge is -2.29. The summed E-state index contributed by atoms with van der Waals surface area (Å²) in [4.78, 5) is 12.3. The van der Waals surface area contributed by atoms with Gasteiger partial charge in [0.1, 0.15) is 0 Å². The number of nitrogens with zero attached hydrogens (tertiary/aromatic N) is 3. The van der Waals surface area contributed by atoms with Crippen molar-refractivity contribution >= 4 is 43.6 Å². The standard InChI is InChI=1S/C19H18N4OS2/c1-24-17-9-8-16-18-14(11-21-19(16)22-17)3-2-10-23(18)12-13-4-6-15(7-5-13)26(20)25/h2-9,11H,10,12,20H2,1H3. The molecule has 1 aliphatic heterocycles. The summed E-state index contributed by atoms with van der Waals surface area (Å²) in [5.74, 6) is 0.569. The highest BCUT2D eigenvalue weighted by atomic mass is 32.8. The Morgan fingerprint density at radius 2 is 2.04 bits per heavy atom. The van der Waals surface area contributed by atoms with E-state index in [9.17, 15) is 0 Å². The molecular formula is C19H18N4OS2. The third-order valence-electron chi connectivity index (χ3n) is 4.38. The molecule has 0 bridgehead atoms. The van der Waals surface area contributed by atoms with Gasteiger partial charge in [0.2, 0.25) is 5.88 Å². The number of methoxy groups -OCH3 is 1. The number of hydrogen-bond donors (Lipinski definition) is 1. The van der Waals surface area contributed by atoms with Crippen LogP contribution in [-0.2, 0) is 27.4 Å². The van der Waals surface area contributed by atoms with Crippen LogP contribution in [0.5, 0.6) is 5.88 Å². The maximum atomic E-state index is 5.80. The summed E-state index contributed by atoms with van der Waals surface area (Å²) >= 11 is 5.14. The van der Waals surface area contributed by atoms with Crippen LogP contribution in [0.2, 0.25) is 0 Å². The molecule has 3 heterocycles. The third-order valence-corrected chi connectivity index (χ3v) is 5.70. The second-order valence-electron chi connectivity index (χ2n) is 6.01. The first-order valence-corrected chi connectivity index (χ1v) is 10.4. The van der Waals surface area contributed by atoms with Crippen molar-refractivity contribution in [2.45, 2.75) is 11.4 Å². The van der Waals surface area contributed by atoms with Crippen molar-refractivity contribution in [1.29, 1.82) is 0 Å². The van der Waals surface area contributed by atoms with Crippen molar-refractivity contribution < 1.29 is 4.74 Å². The van der Waals surface area contributed by atoms with Crippen LogP contribution in [0.15, 0.2) is 53.6 Å². The number of rotatable bonds is 4. The van der Waals surface area contributed by atoms with Gasteiger partial charge in [-0.1, -0.05) is 24.3 Å². The van der Waals surface area contributed by atoms with E-state index in [1.54, 1.807) is 7.11 Å². The lowest BCUT2D eigenvalue weighted by molar-refractivity contribution is 0.399. The zero-order valence-corrected chi connectivity index (χ0v) is 15.9. The first-order chi connectivity index (χ1) is 12.7. The fourth-order valence-electron chi connectivity index (χ4n) is 3.14. The van der Waals surface area contributed by atoms with Gasteiger partial charge in [-0.3, -0.25) is 5.14 Å². The normalized spacial score (nSPS) is 14.3. The zero-order chi connectivity index (χ0) is 18.1. The molecule has 1 unspecified atom stereocenters. The minimum Gasteiger partial charge on any atom is -0.481 e. The SMILES string of the molecule is COc1ccc2c3c(cnc2n1)C=CCN3Cc1ccc(S(N)=S)cc1. The van der Waals surface area contributed by atoms with Crippen LogP contribution >= 0.6 is 0 Å². The Labute approximate surface area is 159 Å². The number of ether oxygens (including phenoxy) is 1. The van der Waals surface area contributed by atoms with Crippen molar-refractivity contribution in [2.24, 2.45) is 5.14 Å². The van der Waals surface area contributed by atoms with Gasteiger partial charge in [0, 0.05) is 41.2 Å². The highest BCUT2D eigenvalue weighted by molar-refractivity contribution is 8.27. The Kier molecular flexibility index (Phi) is 4.67. The summed E-state index contributed by atoms with van der Waals surface area (Å²) in [6, 6.07) is 12.1. The van der Waals surface area contributed by atoms with E-state index in [-0.39, 0.29) is 0 Å². The van der Waals surface area contributed by atoms with Gasteiger partial charge in [-0.05, 0) is 44.6 Å². The molecule has 1 aliphatic rings. The first kappa shape index (κ1) is 17.1. The van der Waals surface area contributed by atoms with Gasteiger partial charge in [0.15, 0.2) is 5.65 Å². The summed E-state index contributed by atoms with van der Waals surface area (Å²) < 4.78 is 5.22. The van der Waals surface area contributed by atoms with Gasteiger partial charge in [-0.2, -0.15) is 4.98 Å². The van der Waals surface area contributed by atoms with Crippen LogP contribution in [-0.4, -0.2) is 23.6 Å². The largest absolute Gasteiger partial charge is 0.481 e. The van der Waals surface area contributed by atoms with Gasteiger partial charge in [0.25, 0.3) is 0 Å². The number of pyridine rings is 2. The molecule has 1 atom stereocenters. The van der Waals surface area contributed by atoms with Crippen LogP contribution < -0.4 is 14.8 Å². The van der Waals surface area contributed by atoms with Gasteiger partial charge in [-0.15, -0.1) is 0 Å². The smallest absolute Gasteiger partial charge is 0.215 e. The molecule has 26 heavy (non-hydrogen) atoms. The zero-order valence-electron chi connectivity index (χ0n) is 14.3. The molecule has 0 amide bonds. The van der Waals surface area contributed by atoms with Crippen LogP contribution in [0.25, 0.3) is 17.1 Å². The quantitative estimate of drug-likeness (QED) is 0.748. The van der Waals surface area contributed by atoms with E-state index < -0.39 is 9.64 Å². The molecule has 0 saturated carbocycles. The molecule has 0 spiro atoms. The minimum absolute atomic E-state index is 0.569. The van der Waals surface area contributed by atoms with Crippen molar-refractivity contribution in [3.63, 3.8) is 0 Å². The monoisotopic (exact) mass is 382 g/mol. The molecule has 2 N–H and O–H groups in total. The van der Waals surface area contributed by atoms with Gasteiger partial charge >= 0.3 is 0 Å². The van der Waals surface area contributed by atoms with Gasteiger partial charge in [0.05, 0.1) is 12.8 Å². The molecule has 7 heteroatoms. The Morgan fingerprint density at radius 3 is 2.77 bits per heavy atom. The molecule has 1 aromatic carbocycles. The Balaban J connectivity index is 1.72. The fraction of sp³-hybridized carbons (Fsp3) is 0.158. The topological polar surface area (TPSA) is 64.3 Å². The van der Waals surface area contributed by atoms with Crippen molar-refractivity contribution in [1.82, 2.24) is 9.97 Å². The molecule has 3 aromatic rings. The average molecular weight is 383 g/mol. The second-order valence-corrected chi connectivity index (χ2v) is 8.15. The van der Waals surface area contributed by atoms with Crippen molar-refractivity contribution in [2.75, 3.05) is 18.6 Å². The molecule has 0 fully saturated rings. The average Bonchev–Trinajstić information content (AvgIpc) is 2.67. The van der Waals surface area contributed by atoms with Crippen LogP contribution in [0, 0.1) is 0 Å². The summed E-state index contributed by atoms with van der Waals surface area (Å²) in [5, 5.41) is 6.82. The number of nitrogens with two attached hydrogens (primary N) is 1. The Bertz CT molecular complexity index is 1020. The highest BCUT2D eigenvalue weighted by Gasteiger charge is 2.18. The van der Waals surface area contributed by atoms with Crippen molar-refractivity contribution in [3.05, 3.63) is 59.8 Å². The molecule has 4 rings (SSSR count). The predicted octanol–water partition coefficient (Wildman–Crippen LogP) is 2.98. The van der Waals surface area contributed by atoms with Crippen molar-refractivity contribution in [3.8, 4) is 5.88 Å². The molecular weight excluding hydrogens is 364 g/mol. The van der Waals surface area contributed by atoms with Gasteiger partial charge in [-0.25, -0.2) is 4.98 Å². The van der Waals surface area contributed by atoms with E-state index in [4.69, 9.17) is 21.1 Å². The first-order valence-electron chi connectivity index (χ1n) is 8.16. The molecule has 2 aromatic heterocycles. The molecule has 0 aliphatic carbocycles. The van der Waals surface area contributed by atoms with Crippen LogP contribution in [0.4, 0.5) is 5.69 Å². The van der Waals surface area contributed by atoms with E-state index in [1.807, 2.05) is 30.5 Å². The molecule has 0 radical (unpaired) electrons. The summed E-state index contributed by atoms with van der Waals surface area (Å²) in [5.41, 5.74) is 4.15. The van der Waals surface area contributed by atoms with Crippen LogP contribution in [0.3, 0.4) is 0 Å². The molecule has 132 valence electrons. The summed E-state index contributed by atoms with van der Waals surface area (Å²) in [6.07, 6.45) is 6.14. The van der Waals surface area contributed by atoms with E-state index in [2.05, 4.69) is 39.2 Å².